The van der Waals surface area contributed by atoms with Gasteiger partial charge in [-0.15, -0.1) is 0 Å². The minimum absolute atomic E-state index is 0.384. The Kier molecular flexibility index (Phi) is 3.71. The zero-order valence-electron chi connectivity index (χ0n) is 10.7. The number of carboxylic acids is 1. The number of benzene rings is 1. The Balaban J connectivity index is 2.33. The van der Waals surface area contributed by atoms with Gasteiger partial charge in [0.05, 0.1) is 5.60 Å². The topological polar surface area (TPSA) is 57.5 Å². The first kappa shape index (κ1) is 13.1. The molecule has 3 heteroatoms. The second kappa shape index (κ2) is 5.11. The molecular formula is C15H20O3. The Morgan fingerprint density at radius 2 is 2.06 bits per heavy atom. The number of aliphatic hydroxyl groups is 1. The van der Waals surface area contributed by atoms with Crippen molar-refractivity contribution in [3.05, 3.63) is 35.9 Å². The van der Waals surface area contributed by atoms with E-state index in [9.17, 15) is 15.0 Å². The van der Waals surface area contributed by atoms with Gasteiger partial charge in [-0.1, -0.05) is 50.1 Å². The van der Waals surface area contributed by atoms with Gasteiger partial charge in [-0.3, -0.25) is 4.79 Å². The van der Waals surface area contributed by atoms with Crippen molar-refractivity contribution in [1.82, 2.24) is 0 Å². The summed E-state index contributed by atoms with van der Waals surface area (Å²) in [5, 5.41) is 20.2. The molecule has 0 bridgehead atoms. The van der Waals surface area contributed by atoms with Crippen LogP contribution in [0, 0.1) is 5.92 Å². The molecule has 1 aliphatic rings. The highest BCUT2D eigenvalue weighted by Gasteiger charge is 2.44. The van der Waals surface area contributed by atoms with Crippen LogP contribution in [0.1, 0.15) is 44.1 Å². The molecular weight excluding hydrogens is 228 g/mol. The van der Waals surface area contributed by atoms with Crippen molar-refractivity contribution in [3.63, 3.8) is 0 Å². The maximum absolute atomic E-state index is 11.6. The van der Waals surface area contributed by atoms with Crippen LogP contribution in [-0.2, 0) is 4.79 Å². The minimum atomic E-state index is -1.11. The zero-order valence-corrected chi connectivity index (χ0v) is 10.7. The predicted octanol–water partition coefficient (Wildman–Crippen LogP) is 2.80. The average molecular weight is 248 g/mol. The number of carboxylic acid groups (broad SMARTS) is 1. The van der Waals surface area contributed by atoms with E-state index >= 15 is 0 Å². The van der Waals surface area contributed by atoms with Crippen molar-refractivity contribution in [2.75, 3.05) is 0 Å². The van der Waals surface area contributed by atoms with E-state index in [-0.39, 0.29) is 0 Å². The van der Waals surface area contributed by atoms with Crippen molar-refractivity contribution >= 4 is 5.97 Å². The summed E-state index contributed by atoms with van der Waals surface area (Å²) in [5.74, 6) is -1.37. The van der Waals surface area contributed by atoms with Crippen LogP contribution in [0.2, 0.25) is 0 Å². The van der Waals surface area contributed by atoms with Crippen molar-refractivity contribution in [1.29, 1.82) is 0 Å². The van der Waals surface area contributed by atoms with E-state index < -0.39 is 17.5 Å². The Morgan fingerprint density at radius 1 is 1.39 bits per heavy atom. The molecule has 2 N–H and O–H groups in total. The number of carbonyl (C=O) groups is 1. The highest BCUT2D eigenvalue weighted by atomic mass is 16.4. The number of aliphatic carboxylic acids is 1. The summed E-state index contributed by atoms with van der Waals surface area (Å²) in [4.78, 5) is 11.6. The Bertz CT molecular complexity index is 415. The third-order valence-electron chi connectivity index (χ3n) is 3.93. The van der Waals surface area contributed by atoms with Crippen LogP contribution in [0.4, 0.5) is 0 Å². The van der Waals surface area contributed by atoms with E-state index in [0.29, 0.717) is 24.3 Å². The molecule has 18 heavy (non-hydrogen) atoms. The van der Waals surface area contributed by atoms with Crippen molar-refractivity contribution in [3.8, 4) is 0 Å². The van der Waals surface area contributed by atoms with Gasteiger partial charge in [0.25, 0.3) is 0 Å². The van der Waals surface area contributed by atoms with Crippen molar-refractivity contribution in [2.24, 2.45) is 5.92 Å². The fraction of sp³-hybridized carbons (Fsp3) is 0.533. The quantitative estimate of drug-likeness (QED) is 0.864. The maximum atomic E-state index is 11.6. The molecule has 1 aromatic rings. The van der Waals surface area contributed by atoms with E-state index in [2.05, 4.69) is 6.92 Å². The molecule has 98 valence electrons. The molecule has 0 spiro atoms. The molecule has 3 nitrogen and oxygen atoms in total. The van der Waals surface area contributed by atoms with Gasteiger partial charge < -0.3 is 10.2 Å². The minimum Gasteiger partial charge on any atom is -0.481 e. The van der Waals surface area contributed by atoms with Crippen molar-refractivity contribution in [2.45, 2.75) is 44.1 Å². The largest absolute Gasteiger partial charge is 0.481 e. The Labute approximate surface area is 107 Å². The summed E-state index contributed by atoms with van der Waals surface area (Å²) in [5.41, 5.74) is -0.410. The van der Waals surface area contributed by atoms with Crippen LogP contribution < -0.4 is 0 Å². The van der Waals surface area contributed by atoms with Crippen LogP contribution in [0.5, 0.6) is 0 Å². The summed E-state index contributed by atoms with van der Waals surface area (Å²) >= 11 is 0. The molecule has 0 saturated heterocycles. The highest BCUT2D eigenvalue weighted by molar-refractivity contribution is 5.77. The van der Waals surface area contributed by atoms with E-state index in [0.717, 1.165) is 12.8 Å². The molecule has 1 aromatic carbocycles. The van der Waals surface area contributed by atoms with Crippen LogP contribution in [0.15, 0.2) is 30.3 Å². The first-order valence-electron chi connectivity index (χ1n) is 6.53. The number of rotatable bonds is 3. The molecule has 0 unspecified atom stereocenters. The van der Waals surface area contributed by atoms with E-state index in [4.69, 9.17) is 0 Å². The zero-order chi connectivity index (χ0) is 13.2. The predicted molar refractivity (Wildman–Crippen MR) is 69.4 cm³/mol. The summed E-state index contributed by atoms with van der Waals surface area (Å²) in [7, 11) is 0. The Hall–Kier alpha value is -1.35. The molecule has 0 amide bonds. The normalized spacial score (nSPS) is 29.8. The van der Waals surface area contributed by atoms with Gasteiger partial charge in [-0.25, -0.2) is 0 Å². The molecule has 0 aliphatic heterocycles. The first-order valence-corrected chi connectivity index (χ1v) is 6.53. The second-order valence-corrected chi connectivity index (χ2v) is 5.49. The summed E-state index contributed by atoms with van der Waals surface area (Å²) in [6.07, 6.45) is 3.11. The third kappa shape index (κ3) is 2.56. The first-order chi connectivity index (χ1) is 8.53. The smallest absolute Gasteiger partial charge is 0.313 e. The van der Waals surface area contributed by atoms with E-state index in [1.54, 1.807) is 12.1 Å². The molecule has 0 aromatic heterocycles. The monoisotopic (exact) mass is 248 g/mol. The van der Waals surface area contributed by atoms with Gasteiger partial charge in [0.1, 0.15) is 5.92 Å². The van der Waals surface area contributed by atoms with Gasteiger partial charge >= 0.3 is 5.97 Å². The summed E-state index contributed by atoms with van der Waals surface area (Å²) < 4.78 is 0. The average Bonchev–Trinajstić information content (AvgIpc) is 2.29. The van der Waals surface area contributed by atoms with E-state index in [1.807, 2.05) is 18.2 Å². The van der Waals surface area contributed by atoms with Gasteiger partial charge in [0.2, 0.25) is 0 Å². The van der Waals surface area contributed by atoms with Gasteiger partial charge in [0.15, 0.2) is 0 Å². The molecule has 1 saturated carbocycles. The number of hydrogen-bond donors (Lipinski definition) is 2. The molecule has 0 heterocycles. The Morgan fingerprint density at radius 3 is 2.61 bits per heavy atom. The third-order valence-corrected chi connectivity index (χ3v) is 3.93. The molecule has 1 fully saturated rings. The summed E-state index contributed by atoms with van der Waals surface area (Å²) in [6.45, 7) is 2.08. The molecule has 0 radical (unpaired) electrons. The van der Waals surface area contributed by atoms with Gasteiger partial charge in [0, 0.05) is 0 Å². The molecule has 2 rings (SSSR count). The molecule has 1 aliphatic carbocycles. The standard InChI is InChI=1S/C15H20O3/c1-11-6-5-9-15(18,10-11)13(14(16)17)12-7-3-2-4-8-12/h2-4,7-8,11,13,18H,5-6,9-10H2,1H3,(H,16,17)/t11-,13-,15-/m0/s1. The highest BCUT2D eigenvalue weighted by Crippen LogP contribution is 2.42. The maximum Gasteiger partial charge on any atom is 0.313 e. The fourth-order valence-corrected chi connectivity index (χ4v) is 3.15. The van der Waals surface area contributed by atoms with Crippen LogP contribution in [0.25, 0.3) is 0 Å². The lowest BCUT2D eigenvalue weighted by atomic mass is 9.69. The van der Waals surface area contributed by atoms with Crippen molar-refractivity contribution < 1.29 is 15.0 Å². The van der Waals surface area contributed by atoms with Crippen LogP contribution >= 0.6 is 0 Å². The van der Waals surface area contributed by atoms with Gasteiger partial charge in [-0.2, -0.15) is 0 Å². The second-order valence-electron chi connectivity index (χ2n) is 5.49. The van der Waals surface area contributed by atoms with Crippen LogP contribution in [-0.4, -0.2) is 21.8 Å². The fourth-order valence-electron chi connectivity index (χ4n) is 3.15. The lowest BCUT2D eigenvalue weighted by molar-refractivity contribution is -0.148. The van der Waals surface area contributed by atoms with Crippen LogP contribution in [0.3, 0.4) is 0 Å². The lowest BCUT2D eigenvalue weighted by Crippen LogP contribution is -2.44. The summed E-state index contributed by atoms with van der Waals surface area (Å²) in [6, 6.07) is 9.07. The molecule has 3 atom stereocenters. The van der Waals surface area contributed by atoms with E-state index in [1.165, 1.54) is 0 Å². The van der Waals surface area contributed by atoms with Gasteiger partial charge in [-0.05, 0) is 24.3 Å². The SMILES string of the molecule is C[C@H]1CCC[C@@](O)([C@H](C(=O)O)c2ccccc2)C1. The number of hydrogen-bond acceptors (Lipinski definition) is 2. The lowest BCUT2D eigenvalue weighted by Gasteiger charge is -2.39.